The van der Waals surface area contributed by atoms with Crippen LogP contribution in [0.3, 0.4) is 0 Å². The summed E-state index contributed by atoms with van der Waals surface area (Å²) in [5.74, 6) is 0.802. The van der Waals surface area contributed by atoms with Crippen molar-refractivity contribution in [1.29, 1.82) is 0 Å². The largest absolute Gasteiger partial charge is 0.465 e. The lowest BCUT2D eigenvalue weighted by atomic mass is 9.85. The van der Waals surface area contributed by atoms with Crippen LogP contribution >= 0.6 is 0 Å². The van der Waals surface area contributed by atoms with E-state index in [-0.39, 0.29) is 17.9 Å². The zero-order chi connectivity index (χ0) is 21.9. The Morgan fingerprint density at radius 2 is 1.81 bits per heavy atom. The number of carbonyl (C=O) groups excluding carboxylic acids is 1. The summed E-state index contributed by atoms with van der Waals surface area (Å²) in [6.45, 7) is 3.50. The van der Waals surface area contributed by atoms with Gasteiger partial charge in [-0.3, -0.25) is 9.69 Å². The van der Waals surface area contributed by atoms with Crippen LogP contribution in [-0.2, 0) is 19.4 Å². The number of rotatable bonds is 7. The van der Waals surface area contributed by atoms with E-state index in [1.807, 2.05) is 0 Å². The van der Waals surface area contributed by atoms with Crippen molar-refractivity contribution in [2.24, 2.45) is 5.92 Å². The van der Waals surface area contributed by atoms with E-state index >= 15 is 0 Å². The van der Waals surface area contributed by atoms with Crippen molar-refractivity contribution >= 4 is 5.91 Å². The first-order chi connectivity index (χ1) is 15.6. The minimum Gasteiger partial charge on any atom is -0.465 e. The van der Waals surface area contributed by atoms with Gasteiger partial charge >= 0.3 is 0 Å². The molecule has 1 saturated carbocycles. The summed E-state index contributed by atoms with van der Waals surface area (Å²) in [6, 6.07) is 14.2. The summed E-state index contributed by atoms with van der Waals surface area (Å²) in [5, 5.41) is 13.3. The third-order valence-corrected chi connectivity index (χ3v) is 7.37. The Labute approximate surface area is 190 Å². The Bertz CT molecular complexity index is 932. The van der Waals surface area contributed by atoms with Crippen molar-refractivity contribution in [3.8, 4) is 5.75 Å². The van der Waals surface area contributed by atoms with E-state index in [0.29, 0.717) is 11.3 Å². The predicted molar refractivity (Wildman–Crippen MR) is 125 cm³/mol. The Morgan fingerprint density at radius 1 is 1.03 bits per heavy atom. The number of carbonyl (C=O) groups is 1. The molecule has 1 heterocycles. The summed E-state index contributed by atoms with van der Waals surface area (Å²) >= 11 is 0. The summed E-state index contributed by atoms with van der Waals surface area (Å²) in [4.78, 5) is 15.3. The average Bonchev–Trinajstić information content (AvgIpc) is 3.26. The SMILES string of the molecule is O=C(NC1CCc2cc(CN3CCCC3)ccc2C1)c1ccc(OC(O)C2CCC2)cc1. The molecule has 1 amide bonds. The number of nitrogens with one attached hydrogen (secondary N) is 1. The molecule has 2 atom stereocenters. The number of hydrogen-bond acceptors (Lipinski definition) is 4. The molecule has 5 heteroatoms. The van der Waals surface area contributed by atoms with Gasteiger partial charge in [-0.1, -0.05) is 24.6 Å². The summed E-state index contributed by atoms with van der Waals surface area (Å²) in [5.41, 5.74) is 4.85. The first-order valence-electron chi connectivity index (χ1n) is 12.2. The lowest BCUT2D eigenvalue weighted by Crippen LogP contribution is -2.38. The van der Waals surface area contributed by atoms with Crippen LogP contribution in [0.15, 0.2) is 42.5 Å². The van der Waals surface area contributed by atoms with E-state index in [4.69, 9.17) is 4.74 Å². The molecule has 0 aromatic heterocycles. The molecule has 170 valence electrons. The summed E-state index contributed by atoms with van der Waals surface area (Å²) in [7, 11) is 0. The van der Waals surface area contributed by atoms with Gasteiger partial charge in [-0.25, -0.2) is 0 Å². The van der Waals surface area contributed by atoms with Crippen molar-refractivity contribution in [3.63, 3.8) is 0 Å². The van der Waals surface area contributed by atoms with Crippen molar-refractivity contribution in [3.05, 3.63) is 64.7 Å². The van der Waals surface area contributed by atoms with E-state index < -0.39 is 6.29 Å². The topological polar surface area (TPSA) is 61.8 Å². The van der Waals surface area contributed by atoms with E-state index in [9.17, 15) is 9.90 Å². The first kappa shape index (κ1) is 21.5. The zero-order valence-electron chi connectivity index (χ0n) is 18.8. The third kappa shape index (κ3) is 5.00. The molecule has 2 aromatic rings. The van der Waals surface area contributed by atoms with Crippen LogP contribution in [0.1, 0.15) is 65.6 Å². The molecule has 0 radical (unpaired) electrons. The second kappa shape index (κ2) is 9.63. The van der Waals surface area contributed by atoms with E-state index in [2.05, 4.69) is 28.4 Å². The lowest BCUT2D eigenvalue weighted by molar-refractivity contribution is -0.0856. The Kier molecular flexibility index (Phi) is 6.47. The monoisotopic (exact) mass is 434 g/mol. The molecule has 1 aliphatic heterocycles. The summed E-state index contributed by atoms with van der Waals surface area (Å²) in [6.07, 6.45) is 7.98. The van der Waals surface area contributed by atoms with Crippen molar-refractivity contribution in [1.82, 2.24) is 10.2 Å². The van der Waals surface area contributed by atoms with Gasteiger partial charge in [0, 0.05) is 24.1 Å². The van der Waals surface area contributed by atoms with Crippen LogP contribution in [0.2, 0.25) is 0 Å². The fourth-order valence-corrected chi connectivity index (χ4v) is 5.14. The number of ether oxygens (including phenoxy) is 1. The molecule has 1 saturated heterocycles. The molecule has 2 unspecified atom stereocenters. The van der Waals surface area contributed by atoms with Crippen molar-refractivity contribution in [2.75, 3.05) is 13.1 Å². The highest BCUT2D eigenvalue weighted by molar-refractivity contribution is 5.94. The molecule has 32 heavy (non-hydrogen) atoms. The number of aliphatic hydroxyl groups excluding tert-OH is 1. The fraction of sp³-hybridized carbons (Fsp3) is 0.519. The molecule has 0 bridgehead atoms. The van der Waals surface area contributed by atoms with Crippen LogP contribution in [0.4, 0.5) is 0 Å². The molecular formula is C27H34N2O3. The molecule has 5 nitrogen and oxygen atoms in total. The molecular weight excluding hydrogens is 400 g/mol. The number of likely N-dealkylation sites (tertiary alicyclic amines) is 1. The maximum absolute atomic E-state index is 12.8. The number of amides is 1. The minimum absolute atomic E-state index is 0.0461. The Hall–Kier alpha value is -2.37. The van der Waals surface area contributed by atoms with Crippen molar-refractivity contribution in [2.45, 2.75) is 70.2 Å². The van der Waals surface area contributed by atoms with E-state index in [0.717, 1.165) is 45.1 Å². The molecule has 2 fully saturated rings. The van der Waals surface area contributed by atoms with E-state index in [1.165, 1.54) is 42.6 Å². The van der Waals surface area contributed by atoms with Crippen molar-refractivity contribution < 1.29 is 14.6 Å². The van der Waals surface area contributed by atoms with Crippen LogP contribution in [0.5, 0.6) is 5.75 Å². The lowest BCUT2D eigenvalue weighted by Gasteiger charge is -2.30. The zero-order valence-corrected chi connectivity index (χ0v) is 18.8. The Morgan fingerprint density at radius 3 is 2.53 bits per heavy atom. The smallest absolute Gasteiger partial charge is 0.251 e. The number of fused-ring (bicyclic) bond motifs is 1. The molecule has 2 aromatic carbocycles. The summed E-state index contributed by atoms with van der Waals surface area (Å²) < 4.78 is 5.61. The second-order valence-electron chi connectivity index (χ2n) is 9.72. The molecule has 0 spiro atoms. The fourth-order valence-electron chi connectivity index (χ4n) is 5.14. The van der Waals surface area contributed by atoms with Gasteiger partial charge in [0.05, 0.1) is 0 Å². The number of nitrogens with zero attached hydrogens (tertiary/aromatic N) is 1. The highest BCUT2D eigenvalue weighted by Gasteiger charge is 2.27. The van der Waals surface area contributed by atoms with Gasteiger partial charge in [-0.05, 0) is 99.0 Å². The minimum atomic E-state index is -0.749. The average molecular weight is 435 g/mol. The van der Waals surface area contributed by atoms with Crippen LogP contribution in [0, 0.1) is 5.92 Å². The highest BCUT2D eigenvalue weighted by atomic mass is 16.6. The quantitative estimate of drug-likeness (QED) is 0.645. The van der Waals surface area contributed by atoms with Gasteiger partial charge in [-0.2, -0.15) is 0 Å². The van der Waals surface area contributed by atoms with Gasteiger partial charge in [0.25, 0.3) is 5.91 Å². The number of aryl methyl sites for hydroxylation is 1. The standard InChI is InChI=1S/C27H34N2O3/c30-26(20-9-12-25(13-10-20)32-27(31)21-4-3-5-21)28-24-11-8-22-16-19(6-7-23(22)17-24)18-29-14-1-2-15-29/h6-7,9-10,12-13,16,21,24,27,31H,1-5,8,11,14-15,17-18H2,(H,28,30). The molecule has 5 rings (SSSR count). The van der Waals surface area contributed by atoms with Gasteiger partial charge in [0.1, 0.15) is 5.75 Å². The van der Waals surface area contributed by atoms with Gasteiger partial charge in [0.15, 0.2) is 6.29 Å². The third-order valence-electron chi connectivity index (χ3n) is 7.37. The van der Waals surface area contributed by atoms with Gasteiger partial charge < -0.3 is 15.2 Å². The molecule has 2 aliphatic carbocycles. The Balaban J connectivity index is 1.14. The first-order valence-corrected chi connectivity index (χ1v) is 12.2. The number of aliphatic hydroxyl groups is 1. The maximum atomic E-state index is 12.8. The van der Waals surface area contributed by atoms with E-state index in [1.54, 1.807) is 24.3 Å². The second-order valence-corrected chi connectivity index (χ2v) is 9.72. The van der Waals surface area contributed by atoms with Gasteiger partial charge in [-0.15, -0.1) is 0 Å². The normalized spacial score (nSPS) is 22.1. The van der Waals surface area contributed by atoms with Crippen LogP contribution in [0.25, 0.3) is 0 Å². The molecule has 3 aliphatic rings. The highest BCUT2D eigenvalue weighted by Crippen LogP contribution is 2.31. The number of hydrogen-bond donors (Lipinski definition) is 2. The molecule has 2 N–H and O–H groups in total. The maximum Gasteiger partial charge on any atom is 0.251 e. The number of benzene rings is 2. The van der Waals surface area contributed by atoms with Crippen LogP contribution < -0.4 is 10.1 Å². The van der Waals surface area contributed by atoms with Gasteiger partial charge in [0.2, 0.25) is 0 Å². The predicted octanol–water partition coefficient (Wildman–Crippen LogP) is 4.07. The van der Waals surface area contributed by atoms with Crippen LogP contribution in [-0.4, -0.2) is 41.3 Å².